The molecule has 0 aliphatic carbocycles. The van der Waals surface area contributed by atoms with Crippen LogP contribution in [0.1, 0.15) is 40.7 Å². The van der Waals surface area contributed by atoms with Crippen LogP contribution in [0.15, 0.2) is 36.0 Å². The van der Waals surface area contributed by atoms with E-state index in [2.05, 4.69) is 40.5 Å². The second kappa shape index (κ2) is 6.58. The van der Waals surface area contributed by atoms with Gasteiger partial charge in [0.2, 0.25) is 0 Å². The van der Waals surface area contributed by atoms with Crippen molar-refractivity contribution >= 4 is 17.2 Å². The summed E-state index contributed by atoms with van der Waals surface area (Å²) >= 11 is 1.84. The number of thiophene rings is 1. The number of nitrogens with zero attached hydrogens (tertiary/aromatic N) is 2. The lowest BCUT2D eigenvalue weighted by Crippen LogP contribution is -2.44. The van der Waals surface area contributed by atoms with Crippen LogP contribution in [0.5, 0.6) is 0 Å². The maximum Gasteiger partial charge on any atom is 0.252 e. The number of pyridine rings is 1. The number of amides is 1. The first-order valence-corrected chi connectivity index (χ1v) is 8.55. The fourth-order valence-electron chi connectivity index (χ4n) is 3.16. The first-order chi connectivity index (χ1) is 10.7. The van der Waals surface area contributed by atoms with E-state index in [0.29, 0.717) is 24.2 Å². The molecule has 4 nitrogen and oxygen atoms in total. The van der Waals surface area contributed by atoms with E-state index < -0.39 is 0 Å². The number of rotatable bonds is 4. The van der Waals surface area contributed by atoms with Crippen LogP contribution < -0.4 is 5.32 Å². The molecule has 0 saturated heterocycles. The van der Waals surface area contributed by atoms with Crippen molar-refractivity contribution in [3.05, 3.63) is 52.0 Å². The maximum absolute atomic E-state index is 12.0. The van der Waals surface area contributed by atoms with Crippen molar-refractivity contribution in [1.82, 2.24) is 15.2 Å². The minimum absolute atomic E-state index is 0.0535. The van der Waals surface area contributed by atoms with Gasteiger partial charge >= 0.3 is 0 Å². The molecule has 2 aromatic rings. The standard InChI is InChI=1S/C17H21N3OS/c1-12-10-14-5-9-22-16(14)13(2)20(12)8-7-19-17(21)15-4-3-6-18-11-15/h3-6,9,11-13H,7-8,10H2,1-2H3,(H,19,21). The fraction of sp³-hybridized carbons (Fsp3) is 0.412. The zero-order valence-electron chi connectivity index (χ0n) is 13.0. The van der Waals surface area contributed by atoms with Gasteiger partial charge in [-0.3, -0.25) is 14.7 Å². The number of fused-ring (bicyclic) bond motifs is 1. The fourth-order valence-corrected chi connectivity index (χ4v) is 4.18. The minimum atomic E-state index is -0.0535. The quantitative estimate of drug-likeness (QED) is 0.943. The maximum atomic E-state index is 12.0. The monoisotopic (exact) mass is 315 g/mol. The number of aromatic nitrogens is 1. The molecule has 1 aliphatic rings. The van der Waals surface area contributed by atoms with Gasteiger partial charge in [0.05, 0.1) is 5.56 Å². The molecular formula is C17H21N3OS. The smallest absolute Gasteiger partial charge is 0.252 e. The molecule has 0 bridgehead atoms. The van der Waals surface area contributed by atoms with Crippen LogP contribution >= 0.6 is 11.3 Å². The molecule has 0 spiro atoms. The largest absolute Gasteiger partial charge is 0.351 e. The van der Waals surface area contributed by atoms with Crippen LogP contribution in [-0.2, 0) is 6.42 Å². The van der Waals surface area contributed by atoms with Crippen molar-refractivity contribution in [3.8, 4) is 0 Å². The molecule has 0 aromatic carbocycles. The molecule has 1 amide bonds. The van der Waals surface area contributed by atoms with Crippen molar-refractivity contribution < 1.29 is 4.79 Å². The Kier molecular flexibility index (Phi) is 4.55. The lowest BCUT2D eigenvalue weighted by molar-refractivity contribution is 0.0930. The van der Waals surface area contributed by atoms with Crippen molar-refractivity contribution in [1.29, 1.82) is 0 Å². The highest BCUT2D eigenvalue weighted by Gasteiger charge is 2.29. The Hall–Kier alpha value is -1.72. The summed E-state index contributed by atoms with van der Waals surface area (Å²) in [6.07, 6.45) is 4.37. The average Bonchev–Trinajstić information content (AvgIpc) is 2.99. The summed E-state index contributed by atoms with van der Waals surface area (Å²) in [6, 6.07) is 6.74. The molecular weight excluding hydrogens is 294 g/mol. The summed E-state index contributed by atoms with van der Waals surface area (Å²) in [4.78, 5) is 20.0. The summed E-state index contributed by atoms with van der Waals surface area (Å²) in [6.45, 7) is 6.04. The Morgan fingerprint density at radius 2 is 2.32 bits per heavy atom. The van der Waals surface area contributed by atoms with Crippen molar-refractivity contribution in [3.63, 3.8) is 0 Å². The zero-order valence-corrected chi connectivity index (χ0v) is 13.8. The van der Waals surface area contributed by atoms with Crippen molar-refractivity contribution in [2.45, 2.75) is 32.4 Å². The number of carbonyl (C=O) groups is 1. The van der Waals surface area contributed by atoms with Gasteiger partial charge in [0.1, 0.15) is 0 Å². The summed E-state index contributed by atoms with van der Waals surface area (Å²) in [5.41, 5.74) is 2.10. The molecule has 116 valence electrons. The third-order valence-electron chi connectivity index (χ3n) is 4.32. The number of hydrogen-bond donors (Lipinski definition) is 1. The molecule has 2 aromatic heterocycles. The first-order valence-electron chi connectivity index (χ1n) is 7.67. The second-order valence-corrected chi connectivity index (χ2v) is 6.72. The molecule has 3 heterocycles. The van der Waals surface area contributed by atoms with Gasteiger partial charge in [-0.1, -0.05) is 0 Å². The van der Waals surface area contributed by atoms with E-state index in [1.54, 1.807) is 24.5 Å². The molecule has 5 heteroatoms. The Morgan fingerprint density at radius 3 is 3.09 bits per heavy atom. The normalized spacial score (nSPS) is 21.4. The SMILES string of the molecule is CC1Cc2ccsc2C(C)N1CCNC(=O)c1cccnc1. The topological polar surface area (TPSA) is 45.2 Å². The molecule has 1 aliphatic heterocycles. The van der Waals surface area contributed by atoms with Gasteiger partial charge < -0.3 is 5.32 Å². The van der Waals surface area contributed by atoms with Crippen molar-refractivity contribution in [2.75, 3.05) is 13.1 Å². The second-order valence-electron chi connectivity index (χ2n) is 5.77. The lowest BCUT2D eigenvalue weighted by Gasteiger charge is -2.38. The molecule has 0 fully saturated rings. The summed E-state index contributed by atoms with van der Waals surface area (Å²) in [5.74, 6) is -0.0535. The van der Waals surface area contributed by atoms with Crippen molar-refractivity contribution in [2.24, 2.45) is 0 Å². The minimum Gasteiger partial charge on any atom is -0.351 e. The molecule has 1 N–H and O–H groups in total. The molecule has 0 radical (unpaired) electrons. The highest BCUT2D eigenvalue weighted by atomic mass is 32.1. The summed E-state index contributed by atoms with van der Waals surface area (Å²) < 4.78 is 0. The van der Waals surface area contributed by atoms with Crippen LogP contribution in [0.3, 0.4) is 0 Å². The first kappa shape index (κ1) is 15.2. The predicted octanol–water partition coefficient (Wildman–Crippen LogP) is 2.88. The molecule has 2 unspecified atom stereocenters. The van der Waals surface area contributed by atoms with E-state index >= 15 is 0 Å². The summed E-state index contributed by atoms with van der Waals surface area (Å²) in [5, 5.41) is 5.17. The molecule has 22 heavy (non-hydrogen) atoms. The molecule has 0 saturated carbocycles. The number of hydrogen-bond acceptors (Lipinski definition) is 4. The van der Waals surface area contributed by atoms with Crippen LogP contribution in [0.25, 0.3) is 0 Å². The van der Waals surface area contributed by atoms with E-state index in [1.807, 2.05) is 11.3 Å². The van der Waals surface area contributed by atoms with Crippen LogP contribution in [-0.4, -0.2) is 34.9 Å². The van der Waals surface area contributed by atoms with Gasteiger partial charge in [-0.2, -0.15) is 0 Å². The van der Waals surface area contributed by atoms with E-state index in [4.69, 9.17) is 0 Å². The van der Waals surface area contributed by atoms with E-state index in [1.165, 1.54) is 10.4 Å². The Morgan fingerprint density at radius 1 is 1.45 bits per heavy atom. The third kappa shape index (κ3) is 3.05. The lowest BCUT2D eigenvalue weighted by atomic mass is 9.97. The zero-order chi connectivity index (χ0) is 15.5. The average molecular weight is 315 g/mol. The van der Waals surface area contributed by atoms with E-state index in [9.17, 15) is 4.79 Å². The van der Waals surface area contributed by atoms with Gasteiger partial charge in [0, 0.05) is 42.4 Å². The van der Waals surface area contributed by atoms with E-state index in [-0.39, 0.29) is 5.91 Å². The van der Waals surface area contributed by atoms with Crippen LogP contribution in [0, 0.1) is 0 Å². The number of nitrogens with one attached hydrogen (secondary N) is 1. The van der Waals surface area contributed by atoms with Gasteiger partial charge in [0.25, 0.3) is 5.91 Å². The Labute approximate surface area is 135 Å². The molecule has 3 rings (SSSR count). The number of carbonyl (C=O) groups excluding carboxylic acids is 1. The third-order valence-corrected chi connectivity index (χ3v) is 5.45. The van der Waals surface area contributed by atoms with Gasteiger partial charge in [-0.15, -0.1) is 11.3 Å². The Balaban J connectivity index is 1.57. The van der Waals surface area contributed by atoms with Gasteiger partial charge in [0.15, 0.2) is 0 Å². The van der Waals surface area contributed by atoms with Crippen LogP contribution in [0.4, 0.5) is 0 Å². The highest BCUT2D eigenvalue weighted by molar-refractivity contribution is 7.10. The van der Waals surface area contributed by atoms with Gasteiger partial charge in [-0.05, 0) is 49.4 Å². The highest BCUT2D eigenvalue weighted by Crippen LogP contribution is 2.35. The van der Waals surface area contributed by atoms with Gasteiger partial charge in [-0.25, -0.2) is 0 Å². The van der Waals surface area contributed by atoms with E-state index in [0.717, 1.165) is 13.0 Å². The molecule has 2 atom stereocenters. The summed E-state index contributed by atoms with van der Waals surface area (Å²) in [7, 11) is 0. The Bertz CT molecular complexity index is 640. The van der Waals surface area contributed by atoms with Crippen LogP contribution in [0.2, 0.25) is 0 Å². The predicted molar refractivity (Wildman–Crippen MR) is 89.2 cm³/mol.